The van der Waals surface area contributed by atoms with Gasteiger partial charge < -0.3 is 4.43 Å². The number of rotatable bonds is 5. The maximum absolute atomic E-state index is 5.77. The van der Waals surface area contributed by atoms with Gasteiger partial charge in [-0.2, -0.15) is 0 Å². The lowest BCUT2D eigenvalue weighted by atomic mass is 9.96. The molecule has 0 saturated heterocycles. The maximum atomic E-state index is 5.77. The summed E-state index contributed by atoms with van der Waals surface area (Å²) < 4.78 is 5.77. The zero-order chi connectivity index (χ0) is 16.2. The summed E-state index contributed by atoms with van der Waals surface area (Å²) in [4.78, 5) is 6.06. The number of hydrogen-bond donors (Lipinski definition) is 0. The molecule has 2 rings (SSSR count). The summed E-state index contributed by atoms with van der Waals surface area (Å²) in [5, 5.41) is 2.22. The minimum absolute atomic E-state index is 0.0930. The van der Waals surface area contributed by atoms with Crippen molar-refractivity contribution in [3.05, 3.63) is 47.4 Å². The molecule has 0 amide bonds. The summed E-state index contributed by atoms with van der Waals surface area (Å²) in [5.41, 5.74) is 1.14. The van der Waals surface area contributed by atoms with Gasteiger partial charge in [0.25, 0.3) is 0 Å². The quantitative estimate of drug-likeness (QED) is 0.532. The molecule has 117 valence electrons. The van der Waals surface area contributed by atoms with E-state index in [2.05, 4.69) is 64.2 Å². The number of aromatic nitrogens is 1. The van der Waals surface area contributed by atoms with Gasteiger partial charge in [0.2, 0.25) is 9.04 Å². The van der Waals surface area contributed by atoms with Gasteiger partial charge in [-0.25, -0.2) is 4.98 Å². The average molecular weight is 331 g/mol. The molecule has 0 aliphatic carbocycles. The molecule has 0 N–H and O–H groups in total. The molecular weight excluding hydrogens is 306 g/mol. The second-order valence-electron chi connectivity index (χ2n) is 6.48. The largest absolute Gasteiger partial charge is 0.413 e. The third kappa shape index (κ3) is 4.97. The van der Waals surface area contributed by atoms with Gasteiger partial charge in [-0.15, -0.1) is 0 Å². The fraction of sp³-hybridized carbons (Fsp3) is 0.389. The standard InChI is InChI=1S/C18H24NOSSi/c1-18(2,3)16(12-13-20-22(4)5)21-17-11-10-14-8-6-7-9-15(14)19-17/h6-12H,13H2,1-5H3. The highest BCUT2D eigenvalue weighted by molar-refractivity contribution is 8.03. The maximum Gasteiger partial charge on any atom is 0.205 e. The Bertz CT molecular complexity index is 661. The lowest BCUT2D eigenvalue weighted by Crippen LogP contribution is -2.11. The van der Waals surface area contributed by atoms with Crippen molar-refractivity contribution < 1.29 is 4.43 Å². The van der Waals surface area contributed by atoms with E-state index in [1.807, 2.05) is 12.1 Å². The minimum atomic E-state index is -0.645. The number of thioether (sulfide) groups is 1. The van der Waals surface area contributed by atoms with E-state index in [1.54, 1.807) is 11.8 Å². The van der Waals surface area contributed by atoms with Crippen molar-refractivity contribution in [3.8, 4) is 0 Å². The third-order valence-corrected chi connectivity index (χ3v) is 5.35. The van der Waals surface area contributed by atoms with Crippen molar-refractivity contribution >= 4 is 31.7 Å². The van der Waals surface area contributed by atoms with Crippen LogP contribution in [0.5, 0.6) is 0 Å². The van der Waals surface area contributed by atoms with Gasteiger partial charge in [-0.05, 0) is 41.6 Å². The Hall–Kier alpha value is -1.10. The normalized spacial score (nSPS) is 13.1. The molecule has 4 heteroatoms. The molecule has 0 spiro atoms. The molecule has 0 atom stereocenters. The van der Waals surface area contributed by atoms with Crippen LogP contribution in [0.2, 0.25) is 13.1 Å². The van der Waals surface area contributed by atoms with Gasteiger partial charge in [0.15, 0.2) is 0 Å². The first-order valence-corrected chi connectivity index (χ1v) is 10.8. The van der Waals surface area contributed by atoms with Gasteiger partial charge in [0.05, 0.1) is 12.1 Å². The van der Waals surface area contributed by atoms with Crippen LogP contribution in [0.4, 0.5) is 0 Å². The first kappa shape index (κ1) is 17.3. The SMILES string of the molecule is C[Si](C)OCC=C(Sc1ccc2ccccc2n1)C(C)(C)C. The Balaban J connectivity index is 2.21. The van der Waals surface area contributed by atoms with Gasteiger partial charge >= 0.3 is 0 Å². The van der Waals surface area contributed by atoms with E-state index >= 15 is 0 Å². The van der Waals surface area contributed by atoms with Gasteiger partial charge in [-0.3, -0.25) is 0 Å². The predicted octanol–water partition coefficient (Wildman–Crippen LogP) is 5.52. The summed E-state index contributed by atoms with van der Waals surface area (Å²) in [7, 11) is -0.645. The number of benzene rings is 1. The summed E-state index contributed by atoms with van der Waals surface area (Å²) in [6, 6.07) is 12.5. The van der Waals surface area contributed by atoms with Crippen LogP contribution >= 0.6 is 11.8 Å². The Kier molecular flexibility index (Phi) is 5.84. The van der Waals surface area contributed by atoms with Crippen LogP contribution < -0.4 is 0 Å². The molecule has 0 unspecified atom stereocenters. The van der Waals surface area contributed by atoms with Crippen LogP contribution in [-0.2, 0) is 4.43 Å². The second-order valence-corrected chi connectivity index (χ2v) is 9.65. The van der Waals surface area contributed by atoms with Crippen LogP contribution in [0, 0.1) is 5.41 Å². The summed E-state index contributed by atoms with van der Waals surface area (Å²) in [6.45, 7) is 11.7. The van der Waals surface area contributed by atoms with Gasteiger partial charge in [0, 0.05) is 5.39 Å². The van der Waals surface area contributed by atoms with Gasteiger partial charge in [-0.1, -0.05) is 56.8 Å². The molecule has 1 radical (unpaired) electrons. The first-order chi connectivity index (χ1) is 10.4. The lowest BCUT2D eigenvalue weighted by Gasteiger charge is -2.22. The highest BCUT2D eigenvalue weighted by atomic mass is 32.2. The molecule has 0 bridgehead atoms. The van der Waals surface area contributed by atoms with E-state index in [-0.39, 0.29) is 5.41 Å². The number of nitrogens with zero attached hydrogens (tertiary/aromatic N) is 1. The highest BCUT2D eigenvalue weighted by Gasteiger charge is 2.19. The molecular formula is C18H24NOSSi. The number of para-hydroxylation sites is 1. The summed E-state index contributed by atoms with van der Waals surface area (Å²) in [5.74, 6) is 0. The Labute approximate surface area is 139 Å². The third-order valence-electron chi connectivity index (χ3n) is 3.17. The minimum Gasteiger partial charge on any atom is -0.413 e. The molecule has 22 heavy (non-hydrogen) atoms. The summed E-state index contributed by atoms with van der Waals surface area (Å²) >= 11 is 1.74. The molecule has 0 aliphatic rings. The van der Waals surface area contributed by atoms with Crippen molar-refractivity contribution in [2.75, 3.05) is 6.61 Å². The fourth-order valence-electron chi connectivity index (χ4n) is 2.00. The zero-order valence-electron chi connectivity index (χ0n) is 14.0. The monoisotopic (exact) mass is 330 g/mol. The van der Waals surface area contributed by atoms with Crippen molar-refractivity contribution in [2.24, 2.45) is 5.41 Å². The highest BCUT2D eigenvalue weighted by Crippen LogP contribution is 2.38. The van der Waals surface area contributed by atoms with Gasteiger partial charge in [0.1, 0.15) is 5.03 Å². The zero-order valence-corrected chi connectivity index (χ0v) is 15.8. The van der Waals surface area contributed by atoms with Crippen LogP contribution in [0.25, 0.3) is 10.9 Å². The van der Waals surface area contributed by atoms with Crippen LogP contribution in [0.1, 0.15) is 20.8 Å². The lowest BCUT2D eigenvalue weighted by molar-refractivity contribution is 0.371. The molecule has 1 heterocycles. The van der Waals surface area contributed by atoms with Crippen LogP contribution in [0.3, 0.4) is 0 Å². The fourth-order valence-corrected chi connectivity index (χ4v) is 3.38. The van der Waals surface area contributed by atoms with Crippen molar-refractivity contribution in [3.63, 3.8) is 0 Å². The van der Waals surface area contributed by atoms with Crippen molar-refractivity contribution in [1.29, 1.82) is 0 Å². The molecule has 0 aliphatic heterocycles. The second kappa shape index (κ2) is 7.44. The van der Waals surface area contributed by atoms with E-state index in [9.17, 15) is 0 Å². The van der Waals surface area contributed by atoms with Crippen molar-refractivity contribution in [1.82, 2.24) is 4.98 Å². The number of pyridine rings is 1. The predicted molar refractivity (Wildman–Crippen MR) is 98.6 cm³/mol. The van der Waals surface area contributed by atoms with E-state index < -0.39 is 9.04 Å². The molecule has 1 aromatic heterocycles. The van der Waals surface area contributed by atoms with Crippen molar-refractivity contribution in [2.45, 2.75) is 38.9 Å². The van der Waals surface area contributed by atoms with E-state index in [0.717, 1.165) is 10.5 Å². The molecule has 0 fully saturated rings. The molecule has 2 aromatic rings. The summed E-state index contributed by atoms with van der Waals surface area (Å²) in [6.07, 6.45) is 2.21. The number of fused-ring (bicyclic) bond motifs is 1. The molecule has 0 saturated carbocycles. The number of allylic oxidation sites excluding steroid dienone is 1. The van der Waals surface area contributed by atoms with Crippen LogP contribution in [-0.4, -0.2) is 20.6 Å². The Morgan fingerprint density at radius 3 is 2.59 bits per heavy atom. The smallest absolute Gasteiger partial charge is 0.205 e. The van der Waals surface area contributed by atoms with E-state index in [4.69, 9.17) is 9.41 Å². The molecule has 2 nitrogen and oxygen atoms in total. The van der Waals surface area contributed by atoms with E-state index in [1.165, 1.54) is 10.3 Å². The average Bonchev–Trinajstić information content (AvgIpc) is 2.44. The Morgan fingerprint density at radius 1 is 1.18 bits per heavy atom. The molecule has 1 aromatic carbocycles. The Morgan fingerprint density at radius 2 is 1.91 bits per heavy atom. The van der Waals surface area contributed by atoms with Crippen LogP contribution in [0.15, 0.2) is 52.4 Å². The first-order valence-electron chi connectivity index (χ1n) is 7.53. The van der Waals surface area contributed by atoms with E-state index in [0.29, 0.717) is 6.61 Å². The number of hydrogen-bond acceptors (Lipinski definition) is 3. The topological polar surface area (TPSA) is 22.1 Å².